The molecule has 2 heterocycles. The van der Waals surface area contributed by atoms with Gasteiger partial charge in [-0.05, 0) is 60.6 Å². The fourth-order valence-corrected chi connectivity index (χ4v) is 4.14. The van der Waals surface area contributed by atoms with Gasteiger partial charge < -0.3 is 9.64 Å². The van der Waals surface area contributed by atoms with Crippen LogP contribution in [0, 0.1) is 4.77 Å². The van der Waals surface area contributed by atoms with E-state index in [0.29, 0.717) is 28.7 Å². The molecule has 1 N–H and O–H groups in total. The quantitative estimate of drug-likeness (QED) is 0.533. The van der Waals surface area contributed by atoms with E-state index in [1.807, 2.05) is 29.2 Å². The largest absolute Gasteiger partial charge is 0.497 e. The van der Waals surface area contributed by atoms with Crippen LogP contribution < -0.4 is 4.74 Å². The number of amides is 1. The van der Waals surface area contributed by atoms with E-state index in [1.54, 1.807) is 23.8 Å². The van der Waals surface area contributed by atoms with Gasteiger partial charge in [-0.15, -0.1) is 0 Å². The summed E-state index contributed by atoms with van der Waals surface area (Å²) in [6.45, 7) is 4.29. The van der Waals surface area contributed by atoms with Crippen LogP contribution in [0.2, 0.25) is 5.02 Å². The normalized spacial score (nSPS) is 14.5. The molecule has 0 bridgehead atoms. The average Bonchev–Trinajstić information content (AvgIpc) is 3.18. The van der Waals surface area contributed by atoms with Crippen molar-refractivity contribution in [3.05, 3.63) is 63.9 Å². The van der Waals surface area contributed by atoms with Crippen molar-refractivity contribution in [2.75, 3.05) is 39.8 Å². The van der Waals surface area contributed by atoms with Crippen LogP contribution in [-0.2, 0) is 17.8 Å². The van der Waals surface area contributed by atoms with Crippen LogP contribution in [0.4, 0.5) is 0 Å². The minimum absolute atomic E-state index is 0.0486. The first-order valence-corrected chi connectivity index (χ1v) is 11.4. The van der Waals surface area contributed by atoms with Crippen molar-refractivity contribution in [3.63, 3.8) is 0 Å². The summed E-state index contributed by atoms with van der Waals surface area (Å²) in [5.41, 5.74) is 2.14. The van der Waals surface area contributed by atoms with E-state index < -0.39 is 0 Å². The number of aromatic amines is 1. The fourth-order valence-electron chi connectivity index (χ4n) is 3.82. The van der Waals surface area contributed by atoms with Crippen molar-refractivity contribution in [2.45, 2.75) is 13.0 Å². The number of halogens is 1. The summed E-state index contributed by atoms with van der Waals surface area (Å²) >= 11 is 11.4. The van der Waals surface area contributed by atoms with Gasteiger partial charge in [-0.1, -0.05) is 23.7 Å². The molecular weight excluding hydrogens is 446 g/mol. The van der Waals surface area contributed by atoms with Crippen LogP contribution in [0.3, 0.4) is 0 Å². The van der Waals surface area contributed by atoms with E-state index >= 15 is 0 Å². The SMILES string of the molecule is COc1ccc(CCN2CCN(C(=O)Cn3c(-c4ccc(Cl)cc4)n[nH]c3=S)CC2)cc1. The van der Waals surface area contributed by atoms with E-state index in [-0.39, 0.29) is 12.5 Å². The highest BCUT2D eigenvalue weighted by atomic mass is 35.5. The number of ether oxygens (including phenoxy) is 1. The maximum atomic E-state index is 13.0. The third kappa shape index (κ3) is 5.38. The first-order valence-electron chi connectivity index (χ1n) is 10.6. The molecular formula is C23H26ClN5O2S. The minimum Gasteiger partial charge on any atom is -0.497 e. The van der Waals surface area contributed by atoms with Crippen molar-refractivity contribution < 1.29 is 9.53 Å². The number of benzene rings is 2. The molecule has 0 spiro atoms. The van der Waals surface area contributed by atoms with E-state index in [2.05, 4.69) is 27.2 Å². The van der Waals surface area contributed by atoms with Gasteiger partial charge in [0.2, 0.25) is 5.91 Å². The molecule has 9 heteroatoms. The molecule has 1 aliphatic heterocycles. The Kier molecular flexibility index (Phi) is 7.24. The molecule has 1 fully saturated rings. The van der Waals surface area contributed by atoms with Gasteiger partial charge in [-0.25, -0.2) is 0 Å². The lowest BCUT2D eigenvalue weighted by atomic mass is 10.1. The number of rotatable bonds is 7. The molecule has 0 atom stereocenters. The van der Waals surface area contributed by atoms with Crippen molar-refractivity contribution >= 4 is 29.7 Å². The van der Waals surface area contributed by atoms with Gasteiger partial charge in [0.15, 0.2) is 10.6 Å². The summed E-state index contributed by atoms with van der Waals surface area (Å²) in [4.78, 5) is 17.3. The lowest BCUT2D eigenvalue weighted by Crippen LogP contribution is -2.49. The molecule has 168 valence electrons. The first-order chi connectivity index (χ1) is 15.5. The topological polar surface area (TPSA) is 66.4 Å². The molecule has 2 aromatic carbocycles. The fraction of sp³-hybridized carbons (Fsp3) is 0.348. The van der Waals surface area contributed by atoms with Gasteiger partial charge in [-0.2, -0.15) is 5.10 Å². The predicted octanol–water partition coefficient (Wildman–Crippen LogP) is 3.66. The summed E-state index contributed by atoms with van der Waals surface area (Å²) in [6, 6.07) is 15.5. The molecule has 0 saturated carbocycles. The zero-order valence-electron chi connectivity index (χ0n) is 18.0. The molecule has 1 saturated heterocycles. The van der Waals surface area contributed by atoms with Crippen molar-refractivity contribution in [2.24, 2.45) is 0 Å². The summed E-state index contributed by atoms with van der Waals surface area (Å²) < 4.78 is 7.39. The minimum atomic E-state index is 0.0486. The van der Waals surface area contributed by atoms with Gasteiger partial charge >= 0.3 is 0 Å². The first kappa shape index (κ1) is 22.5. The van der Waals surface area contributed by atoms with Crippen molar-refractivity contribution in [1.29, 1.82) is 0 Å². The zero-order chi connectivity index (χ0) is 22.5. The van der Waals surface area contributed by atoms with Crippen molar-refractivity contribution in [1.82, 2.24) is 24.6 Å². The van der Waals surface area contributed by atoms with E-state index in [9.17, 15) is 4.79 Å². The van der Waals surface area contributed by atoms with Crippen LogP contribution in [0.1, 0.15) is 5.56 Å². The molecule has 1 aromatic heterocycles. The third-order valence-electron chi connectivity index (χ3n) is 5.75. The van der Waals surface area contributed by atoms with Gasteiger partial charge in [0.05, 0.1) is 7.11 Å². The Balaban J connectivity index is 1.31. The highest BCUT2D eigenvalue weighted by Gasteiger charge is 2.22. The Labute approximate surface area is 197 Å². The lowest BCUT2D eigenvalue weighted by molar-refractivity contribution is -0.133. The monoisotopic (exact) mass is 471 g/mol. The summed E-state index contributed by atoms with van der Waals surface area (Å²) in [5, 5.41) is 7.76. The van der Waals surface area contributed by atoms with Crippen LogP contribution >= 0.6 is 23.8 Å². The van der Waals surface area contributed by atoms with E-state index in [4.69, 9.17) is 28.6 Å². The Morgan fingerprint density at radius 1 is 1.09 bits per heavy atom. The maximum Gasteiger partial charge on any atom is 0.242 e. The number of hydrogen-bond donors (Lipinski definition) is 1. The molecule has 7 nitrogen and oxygen atoms in total. The second-order valence-electron chi connectivity index (χ2n) is 7.77. The van der Waals surface area contributed by atoms with Crippen LogP contribution in [-0.4, -0.2) is 70.3 Å². The Morgan fingerprint density at radius 2 is 1.78 bits per heavy atom. The van der Waals surface area contributed by atoms with Gasteiger partial charge in [0.25, 0.3) is 0 Å². The van der Waals surface area contributed by atoms with Crippen LogP contribution in [0.5, 0.6) is 5.75 Å². The van der Waals surface area contributed by atoms with Crippen LogP contribution in [0.25, 0.3) is 11.4 Å². The van der Waals surface area contributed by atoms with Crippen molar-refractivity contribution in [3.8, 4) is 17.1 Å². The summed E-state index contributed by atoms with van der Waals surface area (Å²) in [5.74, 6) is 1.56. The molecule has 3 aromatic rings. The van der Waals surface area contributed by atoms with Gasteiger partial charge in [0.1, 0.15) is 12.3 Å². The number of piperazine rings is 1. The number of carbonyl (C=O) groups excluding carboxylic acids is 1. The van der Waals surface area contributed by atoms with Crippen LogP contribution in [0.15, 0.2) is 48.5 Å². The molecule has 1 amide bonds. The number of methoxy groups -OCH3 is 1. The molecule has 0 aliphatic carbocycles. The summed E-state index contributed by atoms with van der Waals surface area (Å²) in [7, 11) is 1.68. The molecule has 1 aliphatic rings. The zero-order valence-corrected chi connectivity index (χ0v) is 19.5. The number of hydrogen-bond acceptors (Lipinski definition) is 5. The number of aromatic nitrogens is 3. The number of H-pyrrole nitrogens is 1. The van der Waals surface area contributed by atoms with E-state index in [0.717, 1.165) is 37.4 Å². The summed E-state index contributed by atoms with van der Waals surface area (Å²) in [6.07, 6.45) is 0.979. The third-order valence-corrected chi connectivity index (χ3v) is 6.32. The van der Waals surface area contributed by atoms with E-state index in [1.165, 1.54) is 5.56 Å². The second kappa shape index (κ2) is 10.3. The molecule has 0 radical (unpaired) electrons. The number of nitrogens with one attached hydrogen (secondary N) is 1. The van der Waals surface area contributed by atoms with Gasteiger partial charge in [-0.3, -0.25) is 19.4 Å². The standard InChI is InChI=1S/C23H26ClN5O2S/c1-31-20-8-2-17(3-9-20)10-11-27-12-14-28(15-13-27)21(30)16-29-22(25-26-23(29)32)18-4-6-19(24)7-5-18/h2-9H,10-16H2,1H3,(H,26,32). The number of carbonyl (C=O) groups is 1. The van der Waals surface area contributed by atoms with Gasteiger partial charge in [0, 0.05) is 43.3 Å². The Morgan fingerprint density at radius 3 is 2.44 bits per heavy atom. The average molecular weight is 472 g/mol. The Hall–Kier alpha value is -2.68. The Bertz CT molecular complexity index is 1100. The maximum absolute atomic E-state index is 13.0. The highest BCUT2D eigenvalue weighted by molar-refractivity contribution is 7.71. The second-order valence-corrected chi connectivity index (χ2v) is 8.59. The predicted molar refractivity (Wildman–Crippen MR) is 128 cm³/mol. The number of nitrogens with zero attached hydrogens (tertiary/aromatic N) is 4. The highest BCUT2D eigenvalue weighted by Crippen LogP contribution is 2.20. The molecule has 4 rings (SSSR count). The smallest absolute Gasteiger partial charge is 0.242 e. The molecule has 0 unspecified atom stereocenters. The lowest BCUT2D eigenvalue weighted by Gasteiger charge is -2.34. The molecule has 32 heavy (non-hydrogen) atoms.